The molecule has 0 aromatic carbocycles. The van der Waals surface area contributed by atoms with Crippen molar-refractivity contribution in [1.82, 2.24) is 10.3 Å². The van der Waals surface area contributed by atoms with Crippen molar-refractivity contribution in [2.24, 2.45) is 11.8 Å². The van der Waals surface area contributed by atoms with Crippen LogP contribution in [0.1, 0.15) is 36.6 Å². The number of nitrogens with zero attached hydrogens (tertiary/aromatic N) is 1. The van der Waals surface area contributed by atoms with Crippen molar-refractivity contribution < 1.29 is 13.2 Å². The molecular weight excluding hydrogens is 277 g/mol. The van der Waals surface area contributed by atoms with E-state index in [2.05, 4.69) is 10.3 Å². The van der Waals surface area contributed by atoms with Crippen LogP contribution in [0.2, 0.25) is 0 Å². The van der Waals surface area contributed by atoms with Crippen molar-refractivity contribution in [2.75, 3.05) is 6.54 Å². The molecule has 1 N–H and O–H groups in total. The fourth-order valence-corrected chi connectivity index (χ4v) is 3.17. The molecule has 3 atom stereocenters. The van der Waals surface area contributed by atoms with E-state index in [0.717, 1.165) is 36.8 Å². The first kappa shape index (κ1) is 14.6. The number of halogens is 4. The number of aromatic nitrogens is 1. The zero-order valence-electron chi connectivity index (χ0n) is 10.3. The average Bonchev–Trinajstić information content (AvgIpc) is 2.71. The van der Waals surface area contributed by atoms with Gasteiger partial charge in [-0.1, -0.05) is 0 Å². The molecule has 106 valence electrons. The summed E-state index contributed by atoms with van der Waals surface area (Å²) < 4.78 is 37.4. The van der Waals surface area contributed by atoms with Crippen molar-refractivity contribution >= 4 is 12.4 Å². The van der Waals surface area contributed by atoms with Crippen molar-refractivity contribution in [3.05, 3.63) is 29.6 Å². The molecule has 6 heteroatoms. The number of fused-ring (bicyclic) bond motifs is 2. The van der Waals surface area contributed by atoms with E-state index in [0.29, 0.717) is 5.92 Å². The molecule has 0 radical (unpaired) electrons. The minimum Gasteiger partial charge on any atom is -0.308 e. The predicted molar refractivity (Wildman–Crippen MR) is 68.1 cm³/mol. The van der Waals surface area contributed by atoms with Crippen LogP contribution >= 0.6 is 12.4 Å². The summed E-state index contributed by atoms with van der Waals surface area (Å²) in [6.07, 6.45) is 0.211. The minimum absolute atomic E-state index is 0. The Morgan fingerprint density at radius 3 is 2.63 bits per heavy atom. The molecule has 0 amide bonds. The smallest absolute Gasteiger partial charge is 0.308 e. The standard InChI is InChI=1S/C13H15F3N2.ClH/c14-13(15,16)10-3-4-11(17-7-10)12-9-2-1-8(5-9)6-18-12;/h3-4,7-9,12,18H,1-2,5-6H2;1H. The molecule has 2 nitrogen and oxygen atoms in total. The molecule has 19 heavy (non-hydrogen) atoms. The fourth-order valence-electron chi connectivity index (χ4n) is 3.17. The van der Waals surface area contributed by atoms with E-state index in [1.54, 1.807) is 0 Å². The molecule has 2 aliphatic rings. The van der Waals surface area contributed by atoms with E-state index in [1.165, 1.54) is 18.9 Å². The molecule has 1 aliphatic heterocycles. The molecule has 2 heterocycles. The lowest BCUT2D eigenvalue weighted by molar-refractivity contribution is -0.137. The van der Waals surface area contributed by atoms with Gasteiger partial charge in [0.25, 0.3) is 0 Å². The van der Waals surface area contributed by atoms with Gasteiger partial charge in [-0.15, -0.1) is 12.4 Å². The van der Waals surface area contributed by atoms with Gasteiger partial charge in [0, 0.05) is 6.20 Å². The number of pyridine rings is 1. The number of hydrogen-bond acceptors (Lipinski definition) is 2. The van der Waals surface area contributed by atoms with Crippen LogP contribution in [0.15, 0.2) is 18.3 Å². The van der Waals surface area contributed by atoms with Gasteiger partial charge in [-0.2, -0.15) is 13.2 Å². The Labute approximate surface area is 116 Å². The second-order valence-electron chi connectivity index (χ2n) is 5.29. The Bertz CT molecular complexity index is 433. The summed E-state index contributed by atoms with van der Waals surface area (Å²) in [5.41, 5.74) is 0.0692. The van der Waals surface area contributed by atoms with Crippen LogP contribution in [0.3, 0.4) is 0 Å². The molecule has 2 bridgehead atoms. The van der Waals surface area contributed by atoms with Crippen molar-refractivity contribution in [3.63, 3.8) is 0 Å². The molecule has 1 aliphatic carbocycles. The van der Waals surface area contributed by atoms with Crippen molar-refractivity contribution in [3.8, 4) is 0 Å². The van der Waals surface area contributed by atoms with Gasteiger partial charge >= 0.3 is 6.18 Å². The number of rotatable bonds is 1. The first-order valence-electron chi connectivity index (χ1n) is 6.30. The van der Waals surface area contributed by atoms with Gasteiger partial charge in [0.15, 0.2) is 0 Å². The highest BCUT2D eigenvalue weighted by atomic mass is 35.5. The number of alkyl halides is 3. The summed E-state index contributed by atoms with van der Waals surface area (Å²) in [4.78, 5) is 4.00. The van der Waals surface area contributed by atoms with Crippen molar-refractivity contribution in [2.45, 2.75) is 31.5 Å². The zero-order valence-corrected chi connectivity index (χ0v) is 11.1. The van der Waals surface area contributed by atoms with Crippen LogP contribution in [0, 0.1) is 11.8 Å². The van der Waals surface area contributed by atoms with Gasteiger partial charge < -0.3 is 5.32 Å². The van der Waals surface area contributed by atoms with E-state index in [-0.39, 0.29) is 18.4 Å². The monoisotopic (exact) mass is 292 g/mol. The third-order valence-electron chi connectivity index (χ3n) is 4.11. The van der Waals surface area contributed by atoms with Crippen LogP contribution in [0.4, 0.5) is 13.2 Å². The molecular formula is C13H16ClF3N2. The molecule has 1 aromatic heterocycles. The first-order valence-corrected chi connectivity index (χ1v) is 6.30. The van der Waals surface area contributed by atoms with Gasteiger partial charge in [-0.25, -0.2) is 0 Å². The minimum atomic E-state index is -4.30. The zero-order chi connectivity index (χ0) is 12.8. The van der Waals surface area contributed by atoms with Crippen LogP contribution in [-0.4, -0.2) is 11.5 Å². The lowest BCUT2D eigenvalue weighted by atomic mass is 9.90. The normalized spacial score (nSPS) is 29.9. The molecule has 1 aromatic rings. The van der Waals surface area contributed by atoms with Crippen LogP contribution in [0.5, 0.6) is 0 Å². The highest BCUT2D eigenvalue weighted by Crippen LogP contribution is 2.42. The second-order valence-corrected chi connectivity index (χ2v) is 5.29. The molecule has 3 unspecified atom stereocenters. The van der Waals surface area contributed by atoms with Crippen LogP contribution in [-0.2, 0) is 6.18 Å². The van der Waals surface area contributed by atoms with Gasteiger partial charge in [0.2, 0.25) is 0 Å². The van der Waals surface area contributed by atoms with Gasteiger partial charge in [0.05, 0.1) is 17.3 Å². The number of hydrogen-bond donors (Lipinski definition) is 1. The van der Waals surface area contributed by atoms with Crippen molar-refractivity contribution in [1.29, 1.82) is 0 Å². The summed E-state index contributed by atoms with van der Waals surface area (Å²) in [5.74, 6) is 1.29. The average molecular weight is 293 g/mol. The molecule has 3 rings (SSSR count). The van der Waals surface area contributed by atoms with E-state index in [4.69, 9.17) is 0 Å². The maximum absolute atomic E-state index is 12.5. The fraction of sp³-hybridized carbons (Fsp3) is 0.615. The second kappa shape index (κ2) is 5.29. The van der Waals surface area contributed by atoms with Crippen LogP contribution < -0.4 is 5.32 Å². The van der Waals surface area contributed by atoms with E-state index in [9.17, 15) is 13.2 Å². The van der Waals surface area contributed by atoms with E-state index >= 15 is 0 Å². The SMILES string of the molecule is Cl.FC(F)(F)c1ccc(C2NCC3CCC2C3)nc1. The largest absolute Gasteiger partial charge is 0.417 e. The highest BCUT2D eigenvalue weighted by Gasteiger charge is 2.37. The Balaban J connectivity index is 0.00000133. The molecule has 1 saturated heterocycles. The van der Waals surface area contributed by atoms with Gasteiger partial charge in [-0.05, 0) is 49.8 Å². The Kier molecular flexibility index (Phi) is 4.06. The van der Waals surface area contributed by atoms with Gasteiger partial charge in [-0.3, -0.25) is 4.98 Å². The number of piperidine rings is 1. The summed E-state index contributed by atoms with van der Waals surface area (Å²) in [5, 5.41) is 3.41. The van der Waals surface area contributed by atoms with E-state index in [1.807, 2.05) is 0 Å². The Morgan fingerprint density at radius 2 is 2.00 bits per heavy atom. The summed E-state index contributed by atoms with van der Waals surface area (Å²) in [6, 6.07) is 2.77. The maximum atomic E-state index is 12.5. The molecule has 1 saturated carbocycles. The third kappa shape index (κ3) is 2.87. The maximum Gasteiger partial charge on any atom is 0.417 e. The number of nitrogens with one attached hydrogen (secondary N) is 1. The quantitative estimate of drug-likeness (QED) is 0.856. The lowest BCUT2D eigenvalue weighted by Gasteiger charge is -2.29. The predicted octanol–water partition coefficient (Wildman–Crippen LogP) is 3.58. The van der Waals surface area contributed by atoms with Crippen LogP contribution in [0.25, 0.3) is 0 Å². The summed E-state index contributed by atoms with van der Waals surface area (Å²) in [7, 11) is 0. The lowest BCUT2D eigenvalue weighted by Crippen LogP contribution is -2.35. The molecule has 0 spiro atoms. The van der Waals surface area contributed by atoms with Gasteiger partial charge in [0.1, 0.15) is 0 Å². The Hall–Kier alpha value is -0.810. The van der Waals surface area contributed by atoms with E-state index < -0.39 is 11.7 Å². The first-order chi connectivity index (χ1) is 8.54. The third-order valence-corrected chi connectivity index (χ3v) is 4.11. The topological polar surface area (TPSA) is 24.9 Å². The highest BCUT2D eigenvalue weighted by molar-refractivity contribution is 5.85. The molecule has 2 fully saturated rings. The Morgan fingerprint density at radius 1 is 1.21 bits per heavy atom. The summed E-state index contributed by atoms with van der Waals surface area (Å²) in [6.45, 7) is 0.962. The summed E-state index contributed by atoms with van der Waals surface area (Å²) >= 11 is 0.